The van der Waals surface area contributed by atoms with Crippen molar-refractivity contribution in [1.82, 2.24) is 15.2 Å². The molecular weight excluding hydrogens is 374 g/mol. The molecule has 1 aliphatic rings. The zero-order valence-electron chi connectivity index (χ0n) is 16.8. The van der Waals surface area contributed by atoms with Crippen molar-refractivity contribution in [2.75, 3.05) is 26.8 Å². The highest BCUT2D eigenvalue weighted by Crippen LogP contribution is 2.33. The number of piperidine rings is 1. The van der Waals surface area contributed by atoms with Crippen molar-refractivity contribution in [3.05, 3.63) is 40.3 Å². The van der Waals surface area contributed by atoms with Gasteiger partial charge in [-0.05, 0) is 49.9 Å². The fourth-order valence-electron chi connectivity index (χ4n) is 3.84. The van der Waals surface area contributed by atoms with Crippen LogP contribution < -0.4 is 14.8 Å². The molecular formula is C21H29N3O3S. The molecule has 0 bridgehead atoms. The monoisotopic (exact) mass is 403 g/mol. The minimum Gasteiger partial charge on any atom is -0.493 e. The first-order valence-electron chi connectivity index (χ1n) is 9.79. The van der Waals surface area contributed by atoms with Crippen molar-refractivity contribution in [3.8, 4) is 11.5 Å². The highest BCUT2D eigenvalue weighted by atomic mass is 32.1. The van der Waals surface area contributed by atoms with Gasteiger partial charge in [-0.2, -0.15) is 0 Å². The summed E-state index contributed by atoms with van der Waals surface area (Å²) in [5.41, 5.74) is 1.20. The van der Waals surface area contributed by atoms with Crippen LogP contribution in [0.25, 0.3) is 0 Å². The molecule has 2 aromatic rings. The molecule has 1 saturated heterocycles. The van der Waals surface area contributed by atoms with E-state index >= 15 is 0 Å². The third kappa shape index (κ3) is 5.23. The Morgan fingerprint density at radius 3 is 2.96 bits per heavy atom. The van der Waals surface area contributed by atoms with E-state index in [1.807, 2.05) is 24.6 Å². The van der Waals surface area contributed by atoms with Gasteiger partial charge >= 0.3 is 0 Å². The summed E-state index contributed by atoms with van der Waals surface area (Å²) in [5, 5.41) is 6.08. The van der Waals surface area contributed by atoms with Crippen LogP contribution in [0.3, 0.4) is 0 Å². The Hall–Kier alpha value is -2.12. The van der Waals surface area contributed by atoms with Crippen LogP contribution in [-0.4, -0.2) is 42.6 Å². The molecule has 6 nitrogen and oxygen atoms in total. The van der Waals surface area contributed by atoms with Gasteiger partial charge in [0.15, 0.2) is 11.5 Å². The van der Waals surface area contributed by atoms with Crippen molar-refractivity contribution in [3.63, 3.8) is 0 Å². The number of hydrogen-bond donors (Lipinski definition) is 1. The summed E-state index contributed by atoms with van der Waals surface area (Å²) < 4.78 is 11.1. The lowest BCUT2D eigenvalue weighted by Gasteiger charge is -2.36. The number of carbonyl (C=O) groups excluding carboxylic acids is 1. The van der Waals surface area contributed by atoms with E-state index in [1.54, 1.807) is 25.4 Å². The van der Waals surface area contributed by atoms with Gasteiger partial charge in [0, 0.05) is 31.6 Å². The maximum Gasteiger partial charge on any atom is 0.217 e. The third-order valence-corrected chi connectivity index (χ3v) is 5.88. The minimum atomic E-state index is -0.0184. The molecule has 1 aromatic carbocycles. The summed E-state index contributed by atoms with van der Waals surface area (Å²) in [6.07, 6.45) is 4.01. The number of thiazole rings is 1. The van der Waals surface area contributed by atoms with Crippen molar-refractivity contribution in [2.45, 2.75) is 39.3 Å². The molecule has 1 aliphatic heterocycles. The van der Waals surface area contributed by atoms with Crippen LogP contribution in [0.15, 0.2) is 29.8 Å². The summed E-state index contributed by atoms with van der Waals surface area (Å²) in [6.45, 7) is 6.99. The highest BCUT2D eigenvalue weighted by Gasteiger charge is 2.30. The Morgan fingerprint density at radius 1 is 1.43 bits per heavy atom. The maximum atomic E-state index is 11.7. The van der Waals surface area contributed by atoms with Gasteiger partial charge < -0.3 is 14.8 Å². The molecule has 2 unspecified atom stereocenters. The Kier molecular flexibility index (Phi) is 7.28. The van der Waals surface area contributed by atoms with E-state index < -0.39 is 0 Å². The Bertz CT molecular complexity index is 766. The second-order valence-corrected chi connectivity index (χ2v) is 8.03. The molecule has 1 N–H and O–H groups in total. The number of benzene rings is 1. The summed E-state index contributed by atoms with van der Waals surface area (Å²) in [7, 11) is 1.67. The van der Waals surface area contributed by atoms with E-state index in [9.17, 15) is 4.79 Å². The molecule has 1 fully saturated rings. The molecule has 2 atom stereocenters. The van der Waals surface area contributed by atoms with Crippen molar-refractivity contribution in [1.29, 1.82) is 0 Å². The number of hydrogen-bond acceptors (Lipinski definition) is 6. The zero-order valence-corrected chi connectivity index (χ0v) is 17.6. The minimum absolute atomic E-state index is 0.00595. The van der Waals surface area contributed by atoms with Gasteiger partial charge in [-0.15, -0.1) is 11.3 Å². The fraction of sp³-hybridized carbons (Fsp3) is 0.524. The Labute approximate surface area is 170 Å². The third-order valence-electron chi connectivity index (χ3n) is 5.02. The number of rotatable bonds is 8. The smallest absolute Gasteiger partial charge is 0.217 e. The number of methoxy groups -OCH3 is 1. The van der Waals surface area contributed by atoms with Crippen LogP contribution in [0.1, 0.15) is 43.3 Å². The molecule has 0 radical (unpaired) electrons. The van der Waals surface area contributed by atoms with Crippen LogP contribution in [-0.2, 0) is 11.3 Å². The van der Waals surface area contributed by atoms with Crippen molar-refractivity contribution < 1.29 is 14.3 Å². The summed E-state index contributed by atoms with van der Waals surface area (Å²) in [5.74, 6) is 1.90. The van der Waals surface area contributed by atoms with Gasteiger partial charge in [-0.3, -0.25) is 9.69 Å². The van der Waals surface area contributed by atoms with E-state index in [0.29, 0.717) is 12.5 Å². The van der Waals surface area contributed by atoms with E-state index in [1.165, 1.54) is 5.56 Å². The summed E-state index contributed by atoms with van der Waals surface area (Å²) >= 11 is 1.61. The number of nitrogens with zero attached hydrogens (tertiary/aromatic N) is 2. The van der Waals surface area contributed by atoms with E-state index in [0.717, 1.165) is 49.0 Å². The molecule has 0 spiro atoms. The van der Waals surface area contributed by atoms with Crippen LogP contribution >= 0.6 is 11.3 Å². The van der Waals surface area contributed by atoms with Gasteiger partial charge in [0.2, 0.25) is 5.91 Å². The van der Waals surface area contributed by atoms with E-state index in [2.05, 4.69) is 27.3 Å². The predicted molar refractivity (Wildman–Crippen MR) is 111 cm³/mol. The SMILES string of the molecule is CCOc1ccc(CN2CCCC(C(NC(C)=O)c3nccs3)C2)cc1OC. The number of aromatic nitrogens is 1. The molecule has 7 heteroatoms. The van der Waals surface area contributed by atoms with E-state index in [-0.39, 0.29) is 11.9 Å². The average molecular weight is 404 g/mol. The number of likely N-dealkylation sites (tertiary alicyclic amines) is 1. The van der Waals surface area contributed by atoms with Crippen LogP contribution in [0, 0.1) is 5.92 Å². The first-order chi connectivity index (χ1) is 13.6. The lowest BCUT2D eigenvalue weighted by atomic mass is 9.90. The number of ether oxygens (including phenoxy) is 2. The first kappa shape index (κ1) is 20.6. The van der Waals surface area contributed by atoms with Gasteiger partial charge in [-0.25, -0.2) is 4.98 Å². The largest absolute Gasteiger partial charge is 0.493 e. The van der Waals surface area contributed by atoms with Crippen LogP contribution in [0.2, 0.25) is 0 Å². The molecule has 28 heavy (non-hydrogen) atoms. The quantitative estimate of drug-likeness (QED) is 0.729. The normalized spacial score (nSPS) is 18.5. The lowest BCUT2D eigenvalue weighted by molar-refractivity contribution is -0.120. The number of carbonyl (C=O) groups is 1. The number of amides is 1. The molecule has 1 aromatic heterocycles. The summed E-state index contributed by atoms with van der Waals surface area (Å²) in [4.78, 5) is 18.7. The molecule has 0 saturated carbocycles. The molecule has 2 heterocycles. The van der Waals surface area contributed by atoms with Crippen LogP contribution in [0.4, 0.5) is 0 Å². The summed E-state index contributed by atoms with van der Waals surface area (Å²) in [6, 6.07) is 6.12. The topological polar surface area (TPSA) is 63.7 Å². The van der Waals surface area contributed by atoms with Crippen molar-refractivity contribution >= 4 is 17.2 Å². The van der Waals surface area contributed by atoms with Gasteiger partial charge in [0.1, 0.15) is 5.01 Å². The van der Waals surface area contributed by atoms with E-state index in [4.69, 9.17) is 9.47 Å². The standard InChI is InChI=1S/C21H29N3O3S/c1-4-27-18-8-7-16(12-19(18)26-3)13-24-10-5-6-17(14-24)20(23-15(2)25)21-22-9-11-28-21/h7-9,11-12,17,20H,4-6,10,13-14H2,1-3H3,(H,23,25). The number of nitrogens with one attached hydrogen (secondary N) is 1. The Balaban J connectivity index is 1.69. The van der Waals surface area contributed by atoms with Crippen molar-refractivity contribution in [2.24, 2.45) is 5.92 Å². The second kappa shape index (κ2) is 9.89. The molecule has 1 amide bonds. The maximum absolute atomic E-state index is 11.7. The fourth-order valence-corrected chi connectivity index (χ4v) is 4.62. The molecule has 3 rings (SSSR count). The second-order valence-electron chi connectivity index (χ2n) is 7.10. The van der Waals surface area contributed by atoms with Crippen LogP contribution in [0.5, 0.6) is 11.5 Å². The lowest BCUT2D eigenvalue weighted by Crippen LogP contribution is -2.42. The van der Waals surface area contributed by atoms with Gasteiger partial charge in [-0.1, -0.05) is 6.07 Å². The Morgan fingerprint density at radius 2 is 2.29 bits per heavy atom. The zero-order chi connectivity index (χ0) is 19.9. The van der Waals surface area contributed by atoms with Gasteiger partial charge in [0.25, 0.3) is 0 Å². The first-order valence-corrected chi connectivity index (χ1v) is 10.7. The average Bonchev–Trinajstić information content (AvgIpc) is 3.22. The molecule has 0 aliphatic carbocycles. The van der Waals surface area contributed by atoms with Gasteiger partial charge in [0.05, 0.1) is 19.8 Å². The highest BCUT2D eigenvalue weighted by molar-refractivity contribution is 7.09. The molecule has 152 valence electrons. The predicted octanol–water partition coefficient (Wildman–Crippen LogP) is 3.64.